The third-order valence-electron chi connectivity index (χ3n) is 5.58. The number of nitrogens with two attached hydrogens (primary N) is 1. The molecule has 0 radical (unpaired) electrons. The predicted molar refractivity (Wildman–Crippen MR) is 109 cm³/mol. The zero-order valence-corrected chi connectivity index (χ0v) is 16.9. The maximum Gasteiger partial charge on any atom is 0.223 e. The molecule has 3 rings (SSSR count). The summed E-state index contributed by atoms with van der Waals surface area (Å²) < 4.78 is 18.2. The van der Waals surface area contributed by atoms with Gasteiger partial charge in [-0.2, -0.15) is 0 Å². The van der Waals surface area contributed by atoms with Crippen molar-refractivity contribution >= 4 is 11.7 Å². The van der Waals surface area contributed by atoms with Gasteiger partial charge in [0.2, 0.25) is 5.91 Å². The first-order valence-corrected chi connectivity index (χ1v) is 10.4. The minimum Gasteiger partial charge on any atom is -0.391 e. The largest absolute Gasteiger partial charge is 0.391 e. The maximum atomic E-state index is 13.0. The standard InChI is InChI=1S/C22H28FN3O4/c23-16-8-6-15(7-9-16)21-13-18(25-30-21)19(27)5-3-1-2-4-11-26-12-10-17(22(24)29)20(28)14-26/h6-9,13,17,20,28H,1-5,10-12,14H2,(H2,24,29). The Balaban J connectivity index is 1.32. The molecule has 30 heavy (non-hydrogen) atoms. The number of carbonyl (C=O) groups is 2. The van der Waals surface area contributed by atoms with Gasteiger partial charge in [-0.15, -0.1) is 0 Å². The Labute approximate surface area is 175 Å². The minimum atomic E-state index is -0.684. The van der Waals surface area contributed by atoms with Crippen LogP contribution in [0.3, 0.4) is 0 Å². The molecule has 0 saturated carbocycles. The van der Waals surface area contributed by atoms with Gasteiger partial charge in [0.25, 0.3) is 0 Å². The van der Waals surface area contributed by atoms with E-state index in [0.29, 0.717) is 36.4 Å². The SMILES string of the molecule is NC(=O)C1CCN(CCCCCCC(=O)c2cc(-c3ccc(F)cc3)on2)CC1O. The number of amides is 1. The van der Waals surface area contributed by atoms with E-state index >= 15 is 0 Å². The average molecular weight is 417 g/mol. The molecule has 2 unspecified atom stereocenters. The number of piperidine rings is 1. The highest BCUT2D eigenvalue weighted by Gasteiger charge is 2.31. The van der Waals surface area contributed by atoms with Gasteiger partial charge in [-0.3, -0.25) is 9.59 Å². The van der Waals surface area contributed by atoms with E-state index in [1.165, 1.54) is 12.1 Å². The zero-order valence-electron chi connectivity index (χ0n) is 16.9. The number of likely N-dealkylation sites (tertiary alicyclic amines) is 1. The lowest BCUT2D eigenvalue weighted by molar-refractivity contribution is -0.128. The number of aliphatic hydroxyl groups excluding tert-OH is 1. The number of aliphatic hydroxyl groups is 1. The first kappa shape index (κ1) is 22.1. The van der Waals surface area contributed by atoms with Crippen molar-refractivity contribution in [2.24, 2.45) is 11.7 Å². The molecule has 1 aromatic heterocycles. The number of hydrogen-bond acceptors (Lipinski definition) is 6. The predicted octanol–water partition coefficient (Wildman–Crippen LogP) is 2.78. The van der Waals surface area contributed by atoms with Crippen LogP contribution in [-0.2, 0) is 4.79 Å². The molecule has 2 aromatic rings. The lowest BCUT2D eigenvalue weighted by Crippen LogP contribution is -2.48. The summed E-state index contributed by atoms with van der Waals surface area (Å²) >= 11 is 0. The maximum absolute atomic E-state index is 13.0. The summed E-state index contributed by atoms with van der Waals surface area (Å²) in [5.74, 6) is -0.818. The van der Waals surface area contributed by atoms with E-state index in [4.69, 9.17) is 10.3 Å². The van der Waals surface area contributed by atoms with Crippen LogP contribution >= 0.6 is 0 Å². The molecule has 3 N–H and O–H groups in total. The fraction of sp³-hybridized carbons (Fsp3) is 0.500. The van der Waals surface area contributed by atoms with Gasteiger partial charge in [0.15, 0.2) is 11.5 Å². The molecule has 162 valence electrons. The summed E-state index contributed by atoms with van der Waals surface area (Å²) in [5, 5.41) is 13.8. The van der Waals surface area contributed by atoms with Crippen LogP contribution in [0.25, 0.3) is 11.3 Å². The Kier molecular flexibility index (Phi) is 7.70. The Morgan fingerprint density at radius 2 is 1.93 bits per heavy atom. The average Bonchev–Trinajstić information content (AvgIpc) is 3.21. The van der Waals surface area contributed by atoms with Crippen LogP contribution in [0.5, 0.6) is 0 Å². The van der Waals surface area contributed by atoms with Gasteiger partial charge in [0, 0.05) is 24.6 Å². The third kappa shape index (κ3) is 5.96. The van der Waals surface area contributed by atoms with Gasteiger partial charge < -0.3 is 20.3 Å². The lowest BCUT2D eigenvalue weighted by atomic mass is 9.93. The molecule has 7 nitrogen and oxygen atoms in total. The first-order chi connectivity index (χ1) is 14.4. The van der Waals surface area contributed by atoms with Crippen molar-refractivity contribution in [1.29, 1.82) is 0 Å². The topological polar surface area (TPSA) is 110 Å². The molecule has 1 aliphatic rings. The lowest BCUT2D eigenvalue weighted by Gasteiger charge is -2.34. The van der Waals surface area contributed by atoms with Gasteiger partial charge in [-0.1, -0.05) is 18.0 Å². The van der Waals surface area contributed by atoms with Gasteiger partial charge >= 0.3 is 0 Å². The third-order valence-corrected chi connectivity index (χ3v) is 5.58. The van der Waals surface area contributed by atoms with Crippen LogP contribution in [0.2, 0.25) is 0 Å². The number of ketones is 1. The minimum absolute atomic E-state index is 0.0660. The molecule has 1 saturated heterocycles. The Hall–Kier alpha value is -2.58. The molecule has 2 heterocycles. The van der Waals surface area contributed by atoms with E-state index in [1.807, 2.05) is 0 Å². The number of hydrogen-bond donors (Lipinski definition) is 2. The number of halogens is 1. The quantitative estimate of drug-likeness (QED) is 0.454. The second-order valence-corrected chi connectivity index (χ2v) is 7.84. The van der Waals surface area contributed by atoms with Crippen LogP contribution in [0, 0.1) is 11.7 Å². The Bertz CT molecular complexity index is 852. The van der Waals surface area contributed by atoms with Crippen LogP contribution in [0.15, 0.2) is 34.9 Å². The normalized spacial score (nSPS) is 19.7. The molecule has 0 bridgehead atoms. The summed E-state index contributed by atoms with van der Waals surface area (Å²) in [5.41, 5.74) is 6.26. The van der Waals surface area contributed by atoms with E-state index < -0.39 is 17.9 Å². The Morgan fingerprint density at radius 3 is 2.63 bits per heavy atom. The van der Waals surface area contributed by atoms with Gasteiger partial charge in [0.1, 0.15) is 11.5 Å². The van der Waals surface area contributed by atoms with Crippen LogP contribution in [-0.4, -0.2) is 52.6 Å². The van der Waals surface area contributed by atoms with Crippen LogP contribution < -0.4 is 5.73 Å². The van der Waals surface area contributed by atoms with Crippen molar-refractivity contribution < 1.29 is 23.6 Å². The van der Waals surface area contributed by atoms with E-state index in [9.17, 15) is 19.1 Å². The van der Waals surface area contributed by atoms with Crippen molar-refractivity contribution in [3.8, 4) is 11.3 Å². The van der Waals surface area contributed by atoms with Crippen molar-refractivity contribution in [3.63, 3.8) is 0 Å². The summed E-state index contributed by atoms with van der Waals surface area (Å²) in [6.45, 7) is 2.11. The number of Topliss-reactive ketones (excluding diaryl/α,β-unsaturated/α-hetero) is 1. The Morgan fingerprint density at radius 1 is 1.20 bits per heavy atom. The van der Waals surface area contributed by atoms with E-state index in [0.717, 1.165) is 38.8 Å². The van der Waals surface area contributed by atoms with E-state index in [1.54, 1.807) is 18.2 Å². The molecule has 0 spiro atoms. The summed E-state index contributed by atoms with van der Waals surface area (Å²) in [7, 11) is 0. The smallest absolute Gasteiger partial charge is 0.223 e. The molecular formula is C22H28FN3O4. The van der Waals surface area contributed by atoms with Crippen molar-refractivity contribution in [2.75, 3.05) is 19.6 Å². The molecule has 8 heteroatoms. The second kappa shape index (κ2) is 10.4. The molecule has 1 fully saturated rings. The zero-order chi connectivity index (χ0) is 21.5. The van der Waals surface area contributed by atoms with Crippen molar-refractivity contribution in [2.45, 2.75) is 44.6 Å². The van der Waals surface area contributed by atoms with Crippen LogP contribution in [0.4, 0.5) is 4.39 Å². The molecular weight excluding hydrogens is 389 g/mol. The van der Waals surface area contributed by atoms with E-state index in [-0.39, 0.29) is 11.6 Å². The number of benzene rings is 1. The molecule has 1 aromatic carbocycles. The summed E-state index contributed by atoms with van der Waals surface area (Å²) in [6.07, 6.45) is 3.97. The van der Waals surface area contributed by atoms with E-state index in [2.05, 4.69) is 10.1 Å². The monoisotopic (exact) mass is 417 g/mol. The highest BCUT2D eigenvalue weighted by Crippen LogP contribution is 2.22. The molecule has 1 aliphatic heterocycles. The number of primary amides is 1. The first-order valence-electron chi connectivity index (χ1n) is 10.4. The summed E-state index contributed by atoms with van der Waals surface area (Å²) in [4.78, 5) is 25.7. The second-order valence-electron chi connectivity index (χ2n) is 7.84. The van der Waals surface area contributed by atoms with Crippen LogP contribution in [0.1, 0.15) is 49.0 Å². The van der Waals surface area contributed by atoms with Crippen molar-refractivity contribution in [1.82, 2.24) is 10.1 Å². The molecule has 0 aliphatic carbocycles. The van der Waals surface area contributed by atoms with Gasteiger partial charge in [-0.05, 0) is 56.6 Å². The number of nitrogens with zero attached hydrogens (tertiary/aromatic N) is 2. The van der Waals surface area contributed by atoms with Gasteiger partial charge in [0.05, 0.1) is 12.0 Å². The fourth-order valence-corrected chi connectivity index (χ4v) is 3.79. The number of rotatable bonds is 10. The highest BCUT2D eigenvalue weighted by atomic mass is 19.1. The number of aromatic nitrogens is 1. The summed E-state index contributed by atoms with van der Waals surface area (Å²) in [6, 6.07) is 7.43. The number of carbonyl (C=O) groups excluding carboxylic acids is 2. The highest BCUT2D eigenvalue weighted by molar-refractivity contribution is 5.94. The fourth-order valence-electron chi connectivity index (χ4n) is 3.79. The molecule has 2 atom stereocenters. The number of unbranched alkanes of at least 4 members (excludes halogenated alkanes) is 3. The number of β-amino-alcohol motifs (C(OH)–C–C–N with tert-alkyl or cyclic N) is 1. The van der Waals surface area contributed by atoms with Crippen molar-refractivity contribution in [3.05, 3.63) is 41.8 Å². The van der Waals surface area contributed by atoms with Gasteiger partial charge in [-0.25, -0.2) is 4.39 Å². The molecule has 1 amide bonds.